The number of carbonyl (C=O) groups excluding carboxylic acids is 1. The first kappa shape index (κ1) is 22.9. The zero-order chi connectivity index (χ0) is 23.5. The average Bonchev–Trinajstić information content (AvgIpc) is 3.35. The van der Waals surface area contributed by atoms with Crippen LogP contribution in [0.25, 0.3) is 11.4 Å². The molecule has 8 nitrogen and oxygen atoms in total. The van der Waals surface area contributed by atoms with Crippen molar-refractivity contribution in [3.63, 3.8) is 0 Å². The van der Waals surface area contributed by atoms with Gasteiger partial charge in [-0.1, -0.05) is 47.6 Å². The van der Waals surface area contributed by atoms with E-state index in [1.807, 2.05) is 60.0 Å². The van der Waals surface area contributed by atoms with Crippen molar-refractivity contribution in [3.8, 4) is 11.4 Å². The first-order valence-electron chi connectivity index (χ1n) is 10.3. The molecule has 0 aliphatic heterocycles. The van der Waals surface area contributed by atoms with Crippen LogP contribution in [-0.4, -0.2) is 35.8 Å². The Morgan fingerprint density at radius 3 is 2.61 bits per heavy atom. The molecule has 2 heterocycles. The second kappa shape index (κ2) is 9.68. The van der Waals surface area contributed by atoms with Gasteiger partial charge in [0.05, 0.1) is 17.1 Å². The van der Waals surface area contributed by atoms with E-state index in [2.05, 4.69) is 15.5 Å². The van der Waals surface area contributed by atoms with Crippen LogP contribution in [0.5, 0.6) is 0 Å². The van der Waals surface area contributed by atoms with Gasteiger partial charge in [0.15, 0.2) is 5.16 Å². The molecule has 0 fully saturated rings. The normalized spacial score (nSPS) is 11.0. The minimum Gasteiger partial charge on any atom is -0.320 e. The highest BCUT2D eigenvalue weighted by atomic mass is 35.5. The zero-order valence-electron chi connectivity index (χ0n) is 18.4. The van der Waals surface area contributed by atoms with E-state index in [-0.39, 0.29) is 23.6 Å². The quantitative estimate of drug-likeness (QED) is 0.400. The maximum Gasteiger partial charge on any atom is 0.295 e. The number of nitrogens with one attached hydrogen (secondary N) is 1. The minimum absolute atomic E-state index is 0.214. The highest BCUT2D eigenvalue weighted by Gasteiger charge is 2.18. The van der Waals surface area contributed by atoms with E-state index < -0.39 is 0 Å². The molecule has 1 N–H and O–H groups in total. The maximum atomic E-state index is 12.9. The standard InChI is InChI=1S/C23H23ClN6O2S/c1-15-9-10-18(13-19(15)24)29-14-25-27-23(29)33-12-11-20(31)26-21-16(2)28(3)30(22(21)32)17-7-5-4-6-8-17/h4-10,13-14H,11-12H2,1-3H3,(H,26,31). The molecule has 33 heavy (non-hydrogen) atoms. The Morgan fingerprint density at radius 1 is 1.12 bits per heavy atom. The fourth-order valence-electron chi connectivity index (χ4n) is 3.38. The number of thioether (sulfide) groups is 1. The Morgan fingerprint density at radius 2 is 1.88 bits per heavy atom. The molecule has 0 saturated carbocycles. The van der Waals surface area contributed by atoms with Gasteiger partial charge in [-0.2, -0.15) is 0 Å². The van der Waals surface area contributed by atoms with Crippen LogP contribution in [0.1, 0.15) is 17.7 Å². The molecule has 0 spiro atoms. The van der Waals surface area contributed by atoms with Crippen LogP contribution >= 0.6 is 23.4 Å². The smallest absolute Gasteiger partial charge is 0.295 e. The molecule has 0 bridgehead atoms. The number of amides is 1. The number of carbonyl (C=O) groups is 1. The molecule has 0 aliphatic rings. The third kappa shape index (κ3) is 4.74. The van der Waals surface area contributed by atoms with Gasteiger partial charge < -0.3 is 5.32 Å². The molecule has 4 rings (SSSR count). The summed E-state index contributed by atoms with van der Waals surface area (Å²) in [4.78, 5) is 25.5. The van der Waals surface area contributed by atoms with Crippen LogP contribution in [0, 0.1) is 13.8 Å². The van der Waals surface area contributed by atoms with E-state index in [9.17, 15) is 9.59 Å². The van der Waals surface area contributed by atoms with E-state index in [0.717, 1.165) is 16.9 Å². The first-order chi connectivity index (χ1) is 15.9. The Balaban J connectivity index is 1.42. The molecule has 1 amide bonds. The summed E-state index contributed by atoms with van der Waals surface area (Å²) in [7, 11) is 1.79. The van der Waals surface area contributed by atoms with Crippen molar-refractivity contribution in [1.29, 1.82) is 0 Å². The molecule has 4 aromatic rings. The van der Waals surface area contributed by atoms with Crippen LogP contribution in [0.2, 0.25) is 5.02 Å². The zero-order valence-corrected chi connectivity index (χ0v) is 20.0. The van der Waals surface area contributed by atoms with Gasteiger partial charge in [-0.15, -0.1) is 10.2 Å². The van der Waals surface area contributed by atoms with E-state index >= 15 is 0 Å². The highest BCUT2D eigenvalue weighted by Crippen LogP contribution is 2.24. The number of hydrogen-bond acceptors (Lipinski definition) is 5. The van der Waals surface area contributed by atoms with Crippen LogP contribution in [-0.2, 0) is 11.8 Å². The molecule has 170 valence electrons. The third-order valence-electron chi connectivity index (χ3n) is 5.33. The molecule has 10 heteroatoms. The number of halogens is 1. The van der Waals surface area contributed by atoms with Gasteiger partial charge >= 0.3 is 0 Å². The summed E-state index contributed by atoms with van der Waals surface area (Å²) in [5.74, 6) is 0.237. The molecule has 0 unspecified atom stereocenters. The minimum atomic E-state index is -0.266. The van der Waals surface area contributed by atoms with E-state index in [1.54, 1.807) is 25.0 Å². The third-order valence-corrected chi connectivity index (χ3v) is 6.68. The first-order valence-corrected chi connectivity index (χ1v) is 11.7. The van der Waals surface area contributed by atoms with Crippen molar-refractivity contribution in [1.82, 2.24) is 24.1 Å². The SMILES string of the molecule is Cc1ccc(-n2cnnc2SCCC(=O)Nc2c(C)n(C)n(-c3ccccc3)c2=O)cc1Cl. The summed E-state index contributed by atoms with van der Waals surface area (Å²) in [6, 6.07) is 15.0. The number of rotatable bonds is 7. The molecule has 2 aromatic carbocycles. The van der Waals surface area contributed by atoms with Crippen molar-refractivity contribution >= 4 is 35.0 Å². The Hall–Kier alpha value is -3.30. The number of para-hydroxylation sites is 1. The Bertz CT molecular complexity index is 1360. The lowest BCUT2D eigenvalue weighted by Crippen LogP contribution is -2.23. The Kier molecular flexibility index (Phi) is 6.71. The number of anilines is 1. The monoisotopic (exact) mass is 482 g/mol. The summed E-state index contributed by atoms with van der Waals surface area (Å²) < 4.78 is 5.10. The van der Waals surface area contributed by atoms with Gasteiger partial charge in [-0.05, 0) is 43.7 Å². The molecule has 0 aliphatic carbocycles. The summed E-state index contributed by atoms with van der Waals surface area (Å²) in [6.07, 6.45) is 1.83. The lowest BCUT2D eigenvalue weighted by atomic mass is 10.2. The van der Waals surface area contributed by atoms with Gasteiger partial charge in [0, 0.05) is 24.2 Å². The second-order valence-corrected chi connectivity index (χ2v) is 8.97. The van der Waals surface area contributed by atoms with E-state index in [1.165, 1.54) is 16.4 Å². The lowest BCUT2D eigenvalue weighted by Gasteiger charge is -2.08. The predicted octanol–water partition coefficient (Wildman–Crippen LogP) is 4.15. The van der Waals surface area contributed by atoms with Crippen molar-refractivity contribution in [3.05, 3.63) is 81.5 Å². The number of benzene rings is 2. The maximum absolute atomic E-state index is 12.9. The van der Waals surface area contributed by atoms with Gasteiger partial charge in [0.25, 0.3) is 5.56 Å². The van der Waals surface area contributed by atoms with Crippen molar-refractivity contribution in [2.45, 2.75) is 25.4 Å². The fourth-order valence-corrected chi connectivity index (χ4v) is 4.42. The van der Waals surface area contributed by atoms with Gasteiger partial charge in [0.1, 0.15) is 12.0 Å². The van der Waals surface area contributed by atoms with Crippen molar-refractivity contribution in [2.24, 2.45) is 7.05 Å². The van der Waals surface area contributed by atoms with Crippen LogP contribution < -0.4 is 10.9 Å². The molecule has 0 atom stereocenters. The highest BCUT2D eigenvalue weighted by molar-refractivity contribution is 7.99. The largest absolute Gasteiger partial charge is 0.320 e. The van der Waals surface area contributed by atoms with Crippen LogP contribution in [0.3, 0.4) is 0 Å². The molecule has 2 aromatic heterocycles. The number of aryl methyl sites for hydroxylation is 1. The fraction of sp³-hybridized carbons (Fsp3) is 0.217. The second-order valence-electron chi connectivity index (χ2n) is 7.50. The lowest BCUT2D eigenvalue weighted by molar-refractivity contribution is -0.115. The van der Waals surface area contributed by atoms with Crippen molar-refractivity contribution in [2.75, 3.05) is 11.1 Å². The molecule has 0 radical (unpaired) electrons. The number of hydrogen-bond donors (Lipinski definition) is 1. The van der Waals surface area contributed by atoms with E-state index in [4.69, 9.17) is 11.6 Å². The number of nitrogens with zero attached hydrogens (tertiary/aromatic N) is 5. The van der Waals surface area contributed by atoms with Gasteiger partial charge in [-0.25, -0.2) is 4.68 Å². The summed E-state index contributed by atoms with van der Waals surface area (Å²) >= 11 is 7.65. The van der Waals surface area contributed by atoms with E-state index in [0.29, 0.717) is 21.6 Å². The van der Waals surface area contributed by atoms with Gasteiger partial charge in [-0.3, -0.25) is 18.8 Å². The van der Waals surface area contributed by atoms with Crippen LogP contribution in [0.15, 0.2) is 64.8 Å². The Labute approximate surface area is 200 Å². The summed E-state index contributed by atoms with van der Waals surface area (Å²) in [5.41, 5.74) is 3.28. The number of aromatic nitrogens is 5. The van der Waals surface area contributed by atoms with Crippen LogP contribution in [0.4, 0.5) is 5.69 Å². The molecular weight excluding hydrogens is 460 g/mol. The molecular formula is C23H23ClN6O2S. The summed E-state index contributed by atoms with van der Waals surface area (Å²) in [6.45, 7) is 3.75. The van der Waals surface area contributed by atoms with Crippen molar-refractivity contribution < 1.29 is 4.79 Å². The predicted molar refractivity (Wildman–Crippen MR) is 131 cm³/mol. The average molecular weight is 483 g/mol. The topological polar surface area (TPSA) is 86.7 Å². The summed E-state index contributed by atoms with van der Waals surface area (Å²) in [5, 5.41) is 12.2. The molecule has 0 saturated heterocycles. The van der Waals surface area contributed by atoms with Gasteiger partial charge in [0.2, 0.25) is 5.91 Å².